The van der Waals surface area contributed by atoms with E-state index in [-0.39, 0.29) is 17.3 Å². The summed E-state index contributed by atoms with van der Waals surface area (Å²) in [6.07, 6.45) is 1.78. The maximum absolute atomic E-state index is 12.7. The molecule has 0 unspecified atom stereocenters. The van der Waals surface area contributed by atoms with Gasteiger partial charge in [0.05, 0.1) is 11.4 Å². The van der Waals surface area contributed by atoms with Crippen molar-refractivity contribution in [2.75, 3.05) is 25.0 Å². The molecule has 1 fully saturated rings. The topological polar surface area (TPSA) is 78.5 Å². The van der Waals surface area contributed by atoms with Crippen LogP contribution in [0.4, 0.5) is 5.69 Å². The number of piperidine rings is 1. The fourth-order valence-electron chi connectivity index (χ4n) is 3.21. The van der Waals surface area contributed by atoms with Gasteiger partial charge >= 0.3 is 0 Å². The van der Waals surface area contributed by atoms with Crippen LogP contribution >= 0.6 is 0 Å². The van der Waals surface area contributed by atoms with Crippen LogP contribution in [0.5, 0.6) is 0 Å². The lowest BCUT2D eigenvalue weighted by atomic mass is 10.0. The molecular formula is C21H27N3O3S. The highest BCUT2D eigenvalue weighted by Crippen LogP contribution is 2.24. The van der Waals surface area contributed by atoms with Crippen molar-refractivity contribution in [2.24, 2.45) is 5.92 Å². The zero-order valence-electron chi connectivity index (χ0n) is 16.1. The number of sulfonamides is 1. The zero-order chi connectivity index (χ0) is 20.0. The summed E-state index contributed by atoms with van der Waals surface area (Å²) in [5, 5.41) is 5.87. The minimum atomic E-state index is -3.47. The van der Waals surface area contributed by atoms with Crippen molar-refractivity contribution in [3.8, 4) is 0 Å². The van der Waals surface area contributed by atoms with Crippen LogP contribution in [0.15, 0.2) is 59.5 Å². The Morgan fingerprint density at radius 2 is 1.68 bits per heavy atom. The van der Waals surface area contributed by atoms with Gasteiger partial charge in [0.2, 0.25) is 15.9 Å². The summed E-state index contributed by atoms with van der Waals surface area (Å²) in [6.45, 7) is 4.07. The van der Waals surface area contributed by atoms with Crippen molar-refractivity contribution >= 4 is 21.6 Å². The quantitative estimate of drug-likeness (QED) is 0.748. The Morgan fingerprint density at radius 3 is 2.32 bits per heavy atom. The van der Waals surface area contributed by atoms with Gasteiger partial charge in [0.1, 0.15) is 0 Å². The minimum absolute atomic E-state index is 0.170. The molecule has 150 valence electrons. The predicted molar refractivity (Wildman–Crippen MR) is 110 cm³/mol. The van der Waals surface area contributed by atoms with Crippen molar-refractivity contribution in [2.45, 2.75) is 31.2 Å². The summed E-state index contributed by atoms with van der Waals surface area (Å²) >= 11 is 0. The summed E-state index contributed by atoms with van der Waals surface area (Å²) in [6, 6.07) is 16.2. The van der Waals surface area contributed by atoms with Gasteiger partial charge in [-0.25, -0.2) is 8.42 Å². The molecular weight excluding hydrogens is 374 g/mol. The second-order valence-corrected chi connectivity index (χ2v) is 9.19. The number of rotatable bonds is 7. The highest BCUT2D eigenvalue weighted by Gasteiger charge is 2.27. The number of nitrogens with zero attached hydrogens (tertiary/aromatic N) is 1. The average molecular weight is 402 g/mol. The van der Waals surface area contributed by atoms with Crippen LogP contribution < -0.4 is 10.6 Å². The molecule has 0 aromatic heterocycles. The van der Waals surface area contributed by atoms with Crippen LogP contribution in [-0.4, -0.2) is 38.3 Å². The number of carbonyl (C=O) groups excluding carboxylic acids is 1. The third-order valence-corrected chi connectivity index (χ3v) is 6.89. The van der Waals surface area contributed by atoms with Crippen LogP contribution in [0.2, 0.25) is 0 Å². The van der Waals surface area contributed by atoms with E-state index in [1.54, 1.807) is 28.6 Å². The fraction of sp³-hybridized carbons (Fsp3) is 0.381. The molecule has 0 saturated carbocycles. The molecule has 2 N–H and O–H groups in total. The first-order valence-electron chi connectivity index (χ1n) is 9.60. The summed E-state index contributed by atoms with van der Waals surface area (Å²) in [5.41, 5.74) is 1.69. The molecule has 7 heteroatoms. The highest BCUT2D eigenvalue weighted by molar-refractivity contribution is 7.89. The van der Waals surface area contributed by atoms with E-state index in [2.05, 4.69) is 17.6 Å². The normalized spacial score (nSPS) is 16.0. The Morgan fingerprint density at radius 1 is 1.04 bits per heavy atom. The lowest BCUT2D eigenvalue weighted by Gasteiger charge is -2.29. The Bertz CT molecular complexity index is 875. The lowest BCUT2D eigenvalue weighted by Crippen LogP contribution is -2.37. The van der Waals surface area contributed by atoms with E-state index >= 15 is 0 Å². The summed E-state index contributed by atoms with van der Waals surface area (Å²) in [4.78, 5) is 12.3. The fourth-order valence-corrected chi connectivity index (χ4v) is 4.68. The van der Waals surface area contributed by atoms with Gasteiger partial charge in [-0.3, -0.25) is 4.79 Å². The molecule has 0 radical (unpaired) electrons. The van der Waals surface area contributed by atoms with Crippen LogP contribution in [0.25, 0.3) is 0 Å². The molecule has 0 aliphatic carbocycles. The highest BCUT2D eigenvalue weighted by atomic mass is 32.2. The van der Waals surface area contributed by atoms with Crippen LogP contribution in [-0.2, 0) is 21.4 Å². The number of hydrogen-bond acceptors (Lipinski definition) is 4. The SMILES string of the molecule is CC1CCN(S(=O)(=O)c2ccc(NC(=O)CNCc3ccccc3)cc2)CC1. The molecule has 6 nitrogen and oxygen atoms in total. The maximum atomic E-state index is 12.7. The van der Waals surface area contributed by atoms with Gasteiger partial charge in [-0.15, -0.1) is 0 Å². The van der Waals surface area contributed by atoms with Crippen LogP contribution in [0.1, 0.15) is 25.3 Å². The number of hydrogen-bond donors (Lipinski definition) is 2. The number of carbonyl (C=O) groups is 1. The zero-order valence-corrected chi connectivity index (χ0v) is 16.9. The van der Waals surface area contributed by atoms with Crippen molar-refractivity contribution in [1.82, 2.24) is 9.62 Å². The van der Waals surface area contributed by atoms with Crippen molar-refractivity contribution in [3.63, 3.8) is 0 Å². The van der Waals surface area contributed by atoms with E-state index in [0.29, 0.717) is 31.2 Å². The molecule has 1 aliphatic heterocycles. The Labute approximate surface area is 167 Å². The molecule has 1 amide bonds. The van der Waals surface area contributed by atoms with Gasteiger partial charge in [-0.1, -0.05) is 37.3 Å². The third-order valence-electron chi connectivity index (χ3n) is 4.98. The Balaban J connectivity index is 1.51. The van der Waals surface area contributed by atoms with E-state index in [9.17, 15) is 13.2 Å². The van der Waals surface area contributed by atoms with Crippen LogP contribution in [0, 0.1) is 5.92 Å². The number of amides is 1. The van der Waals surface area contributed by atoms with E-state index in [1.165, 1.54) is 0 Å². The molecule has 0 atom stereocenters. The van der Waals surface area contributed by atoms with Gasteiger partial charge < -0.3 is 10.6 Å². The second kappa shape index (κ2) is 9.32. The van der Waals surface area contributed by atoms with Crippen molar-refractivity contribution in [3.05, 3.63) is 60.2 Å². The maximum Gasteiger partial charge on any atom is 0.243 e. The smallest absolute Gasteiger partial charge is 0.243 e. The third kappa shape index (κ3) is 5.41. The van der Waals surface area contributed by atoms with E-state index in [1.807, 2.05) is 30.3 Å². The van der Waals surface area contributed by atoms with Gasteiger partial charge in [-0.2, -0.15) is 4.31 Å². The van der Waals surface area contributed by atoms with Gasteiger partial charge in [-0.05, 0) is 48.6 Å². The van der Waals surface area contributed by atoms with E-state index in [0.717, 1.165) is 18.4 Å². The minimum Gasteiger partial charge on any atom is -0.325 e. The van der Waals surface area contributed by atoms with Crippen molar-refractivity contribution < 1.29 is 13.2 Å². The van der Waals surface area contributed by atoms with Gasteiger partial charge in [0, 0.05) is 25.3 Å². The van der Waals surface area contributed by atoms with Gasteiger partial charge in [0.15, 0.2) is 0 Å². The molecule has 0 spiro atoms. The van der Waals surface area contributed by atoms with Crippen molar-refractivity contribution in [1.29, 1.82) is 0 Å². The molecule has 1 heterocycles. The predicted octanol–water partition coefficient (Wildman–Crippen LogP) is 2.84. The first-order chi connectivity index (χ1) is 13.4. The van der Waals surface area contributed by atoms with E-state index < -0.39 is 10.0 Å². The van der Waals surface area contributed by atoms with Gasteiger partial charge in [0.25, 0.3) is 0 Å². The number of anilines is 1. The summed E-state index contributed by atoms with van der Waals surface area (Å²) in [7, 11) is -3.47. The first kappa shape index (κ1) is 20.5. The Hall–Kier alpha value is -2.22. The number of benzene rings is 2. The monoisotopic (exact) mass is 401 g/mol. The largest absolute Gasteiger partial charge is 0.325 e. The molecule has 2 aromatic rings. The average Bonchev–Trinajstić information content (AvgIpc) is 2.69. The number of nitrogens with one attached hydrogen (secondary N) is 2. The molecule has 28 heavy (non-hydrogen) atoms. The molecule has 3 rings (SSSR count). The molecule has 0 bridgehead atoms. The molecule has 2 aromatic carbocycles. The second-order valence-electron chi connectivity index (χ2n) is 7.25. The van der Waals surface area contributed by atoms with E-state index in [4.69, 9.17) is 0 Å². The molecule has 1 saturated heterocycles. The Kier molecular flexibility index (Phi) is 6.83. The molecule has 1 aliphatic rings. The first-order valence-corrected chi connectivity index (χ1v) is 11.0. The summed E-state index contributed by atoms with van der Waals surface area (Å²) in [5.74, 6) is 0.399. The van der Waals surface area contributed by atoms with Crippen LogP contribution in [0.3, 0.4) is 0 Å². The lowest BCUT2D eigenvalue weighted by molar-refractivity contribution is -0.115. The summed E-state index contributed by atoms with van der Waals surface area (Å²) < 4.78 is 27.0. The standard InChI is InChI=1S/C21H27N3O3S/c1-17-11-13-24(14-12-17)28(26,27)20-9-7-19(8-10-20)23-21(25)16-22-15-18-5-3-2-4-6-18/h2-10,17,22H,11-16H2,1H3,(H,23,25).